The second-order valence-electron chi connectivity index (χ2n) is 5.48. The van der Waals surface area contributed by atoms with Crippen LogP contribution in [-0.4, -0.2) is 37.3 Å². The quantitative estimate of drug-likeness (QED) is 0.809. The lowest BCUT2D eigenvalue weighted by Gasteiger charge is -2.32. The second kappa shape index (κ2) is 7.77. The lowest BCUT2D eigenvalue weighted by Crippen LogP contribution is -2.44. The molecule has 1 aliphatic heterocycles. The van der Waals surface area contributed by atoms with Crippen LogP contribution in [0.25, 0.3) is 0 Å². The van der Waals surface area contributed by atoms with Gasteiger partial charge in [-0.15, -0.1) is 0 Å². The van der Waals surface area contributed by atoms with Crippen LogP contribution in [-0.2, 0) is 11.3 Å². The van der Waals surface area contributed by atoms with Gasteiger partial charge in [0, 0.05) is 24.1 Å². The molecule has 3 rings (SSSR count). The summed E-state index contributed by atoms with van der Waals surface area (Å²) in [5.41, 5.74) is 1.34. The van der Waals surface area contributed by atoms with Gasteiger partial charge >= 0.3 is 0 Å². The van der Waals surface area contributed by atoms with Crippen LogP contribution >= 0.6 is 15.9 Å². The molecule has 0 unspecified atom stereocenters. The molecule has 2 aromatic rings. The Morgan fingerprint density at radius 2 is 1.86 bits per heavy atom. The van der Waals surface area contributed by atoms with E-state index in [4.69, 9.17) is 9.47 Å². The van der Waals surface area contributed by atoms with E-state index in [1.807, 2.05) is 24.3 Å². The molecule has 1 atom stereocenters. The van der Waals surface area contributed by atoms with E-state index in [2.05, 4.69) is 51.2 Å². The highest BCUT2D eigenvalue weighted by molar-refractivity contribution is 9.10. The molecule has 0 aromatic heterocycles. The highest BCUT2D eigenvalue weighted by atomic mass is 79.9. The molecule has 22 heavy (non-hydrogen) atoms. The zero-order chi connectivity index (χ0) is 15.2. The number of hydrogen-bond acceptors (Lipinski definition) is 3. The molecule has 1 aliphatic rings. The van der Waals surface area contributed by atoms with E-state index in [0.717, 1.165) is 36.5 Å². The summed E-state index contributed by atoms with van der Waals surface area (Å²) in [6.45, 7) is 4.21. The predicted molar refractivity (Wildman–Crippen MR) is 91.1 cm³/mol. The summed E-state index contributed by atoms with van der Waals surface area (Å²) in [4.78, 5) is 2.43. The molecule has 0 bridgehead atoms. The van der Waals surface area contributed by atoms with Gasteiger partial charge in [0.15, 0.2) is 0 Å². The molecule has 1 saturated heterocycles. The Kier molecular flexibility index (Phi) is 5.48. The van der Waals surface area contributed by atoms with Gasteiger partial charge in [0.25, 0.3) is 0 Å². The van der Waals surface area contributed by atoms with E-state index < -0.39 is 0 Å². The minimum absolute atomic E-state index is 0.126. The van der Waals surface area contributed by atoms with E-state index in [9.17, 15) is 0 Å². The SMILES string of the molecule is Brc1ccc(OC[C@H]2CN(Cc3ccccc3)CCO2)cc1. The van der Waals surface area contributed by atoms with E-state index >= 15 is 0 Å². The molecule has 4 heteroatoms. The molecule has 0 N–H and O–H groups in total. The van der Waals surface area contributed by atoms with Crippen LogP contribution in [0.15, 0.2) is 59.1 Å². The Balaban J connectivity index is 1.49. The summed E-state index contributed by atoms with van der Waals surface area (Å²) in [5, 5.41) is 0. The van der Waals surface area contributed by atoms with Gasteiger partial charge in [-0.25, -0.2) is 0 Å². The second-order valence-corrected chi connectivity index (χ2v) is 6.39. The van der Waals surface area contributed by atoms with E-state index in [0.29, 0.717) is 6.61 Å². The first-order valence-electron chi connectivity index (χ1n) is 7.56. The van der Waals surface area contributed by atoms with Crippen LogP contribution in [0.5, 0.6) is 5.75 Å². The van der Waals surface area contributed by atoms with Crippen molar-refractivity contribution < 1.29 is 9.47 Å². The summed E-state index contributed by atoms with van der Waals surface area (Å²) in [7, 11) is 0. The van der Waals surface area contributed by atoms with Gasteiger partial charge in [-0.2, -0.15) is 0 Å². The average Bonchev–Trinajstić information content (AvgIpc) is 2.56. The third-order valence-corrected chi connectivity index (χ3v) is 4.25. The molecule has 0 radical (unpaired) electrons. The van der Waals surface area contributed by atoms with E-state index in [1.54, 1.807) is 0 Å². The highest BCUT2D eigenvalue weighted by Crippen LogP contribution is 2.17. The predicted octanol–water partition coefficient (Wildman–Crippen LogP) is 3.73. The van der Waals surface area contributed by atoms with Gasteiger partial charge in [0.1, 0.15) is 18.5 Å². The third kappa shape index (κ3) is 4.57. The minimum atomic E-state index is 0.126. The first kappa shape index (κ1) is 15.5. The van der Waals surface area contributed by atoms with Crippen LogP contribution in [0.1, 0.15) is 5.56 Å². The Morgan fingerprint density at radius 1 is 1.09 bits per heavy atom. The molecular weight excluding hydrogens is 342 g/mol. The Labute approximate surface area is 140 Å². The maximum absolute atomic E-state index is 5.83. The van der Waals surface area contributed by atoms with Crippen LogP contribution in [0.3, 0.4) is 0 Å². The van der Waals surface area contributed by atoms with Crippen molar-refractivity contribution in [3.63, 3.8) is 0 Å². The topological polar surface area (TPSA) is 21.7 Å². The average molecular weight is 362 g/mol. The molecule has 3 nitrogen and oxygen atoms in total. The summed E-state index contributed by atoms with van der Waals surface area (Å²) in [6.07, 6.45) is 0.126. The van der Waals surface area contributed by atoms with Crippen molar-refractivity contribution in [1.29, 1.82) is 0 Å². The molecule has 0 saturated carbocycles. The lowest BCUT2D eigenvalue weighted by atomic mass is 10.2. The van der Waals surface area contributed by atoms with E-state index in [-0.39, 0.29) is 6.10 Å². The molecule has 116 valence electrons. The number of morpholine rings is 1. The molecule has 0 aliphatic carbocycles. The normalized spacial score (nSPS) is 19.0. The fourth-order valence-corrected chi connectivity index (χ4v) is 2.85. The fourth-order valence-electron chi connectivity index (χ4n) is 2.59. The van der Waals surface area contributed by atoms with Crippen LogP contribution in [0.4, 0.5) is 0 Å². The molecule has 1 heterocycles. The van der Waals surface area contributed by atoms with Gasteiger partial charge in [0.2, 0.25) is 0 Å². The number of nitrogens with zero attached hydrogens (tertiary/aromatic N) is 1. The van der Waals surface area contributed by atoms with Crippen molar-refractivity contribution in [2.75, 3.05) is 26.3 Å². The smallest absolute Gasteiger partial charge is 0.119 e. The van der Waals surface area contributed by atoms with Crippen molar-refractivity contribution >= 4 is 15.9 Å². The van der Waals surface area contributed by atoms with Crippen molar-refractivity contribution in [2.45, 2.75) is 12.6 Å². The molecule has 0 spiro atoms. The molecular formula is C18H20BrNO2. The third-order valence-electron chi connectivity index (χ3n) is 3.72. The molecule has 0 amide bonds. The lowest BCUT2D eigenvalue weighted by molar-refractivity contribution is -0.0504. The summed E-state index contributed by atoms with van der Waals surface area (Å²) >= 11 is 3.43. The first-order chi connectivity index (χ1) is 10.8. The standard InChI is InChI=1S/C18H20BrNO2/c19-16-6-8-17(9-7-16)22-14-18-13-20(10-11-21-18)12-15-4-2-1-3-5-15/h1-9,18H,10-14H2/t18-/m1/s1. The summed E-state index contributed by atoms with van der Waals surface area (Å²) in [6, 6.07) is 18.5. The fraction of sp³-hybridized carbons (Fsp3) is 0.333. The first-order valence-corrected chi connectivity index (χ1v) is 8.35. The van der Waals surface area contributed by atoms with Gasteiger partial charge in [-0.3, -0.25) is 4.90 Å². The Bertz CT molecular complexity index is 573. The van der Waals surface area contributed by atoms with Gasteiger partial charge in [0.05, 0.1) is 6.61 Å². The molecule has 2 aromatic carbocycles. The van der Waals surface area contributed by atoms with Crippen molar-refractivity contribution in [3.8, 4) is 5.75 Å². The number of benzene rings is 2. The largest absolute Gasteiger partial charge is 0.491 e. The summed E-state index contributed by atoms with van der Waals surface area (Å²) in [5.74, 6) is 0.881. The monoisotopic (exact) mass is 361 g/mol. The Morgan fingerprint density at radius 3 is 2.64 bits per heavy atom. The maximum Gasteiger partial charge on any atom is 0.119 e. The minimum Gasteiger partial charge on any atom is -0.491 e. The zero-order valence-electron chi connectivity index (χ0n) is 12.5. The Hall–Kier alpha value is -1.36. The van der Waals surface area contributed by atoms with Crippen molar-refractivity contribution in [1.82, 2.24) is 4.90 Å². The number of ether oxygens (including phenoxy) is 2. The van der Waals surface area contributed by atoms with E-state index in [1.165, 1.54) is 5.56 Å². The maximum atomic E-state index is 5.83. The number of hydrogen-bond donors (Lipinski definition) is 0. The van der Waals surface area contributed by atoms with Crippen LogP contribution < -0.4 is 4.74 Å². The number of halogens is 1. The number of rotatable bonds is 5. The molecule has 1 fully saturated rings. The van der Waals surface area contributed by atoms with Crippen LogP contribution in [0.2, 0.25) is 0 Å². The van der Waals surface area contributed by atoms with Gasteiger partial charge in [-0.1, -0.05) is 46.3 Å². The van der Waals surface area contributed by atoms with Gasteiger partial charge in [-0.05, 0) is 29.8 Å². The van der Waals surface area contributed by atoms with Crippen molar-refractivity contribution in [3.05, 3.63) is 64.6 Å². The zero-order valence-corrected chi connectivity index (χ0v) is 14.0. The van der Waals surface area contributed by atoms with Crippen LogP contribution in [0, 0.1) is 0 Å². The van der Waals surface area contributed by atoms with Gasteiger partial charge < -0.3 is 9.47 Å². The highest BCUT2D eigenvalue weighted by Gasteiger charge is 2.21. The van der Waals surface area contributed by atoms with Crippen molar-refractivity contribution in [2.24, 2.45) is 0 Å². The summed E-state index contributed by atoms with van der Waals surface area (Å²) < 4.78 is 12.7.